The van der Waals surface area contributed by atoms with Gasteiger partial charge in [0, 0.05) is 18.0 Å². The molecule has 0 saturated heterocycles. The molecule has 2 unspecified atom stereocenters. The van der Waals surface area contributed by atoms with Gasteiger partial charge >= 0.3 is 0 Å². The van der Waals surface area contributed by atoms with E-state index in [4.69, 9.17) is 4.74 Å². The summed E-state index contributed by atoms with van der Waals surface area (Å²) in [5.74, 6) is 1.10. The molecule has 17 heavy (non-hydrogen) atoms. The first-order chi connectivity index (χ1) is 7.49. The van der Waals surface area contributed by atoms with Crippen LogP contribution in [0.3, 0.4) is 0 Å². The maximum absolute atomic E-state index is 5.97. The fourth-order valence-electron chi connectivity index (χ4n) is 2.58. The lowest BCUT2D eigenvalue weighted by Gasteiger charge is -2.35. The molecule has 1 aliphatic heterocycles. The van der Waals surface area contributed by atoms with Gasteiger partial charge in [0.15, 0.2) is 0 Å². The van der Waals surface area contributed by atoms with E-state index in [1.54, 1.807) is 0 Å². The van der Waals surface area contributed by atoms with Gasteiger partial charge in [-0.1, -0.05) is 17.7 Å². The summed E-state index contributed by atoms with van der Waals surface area (Å²) in [5.41, 5.74) is 3.93. The smallest absolute Gasteiger partial charge is 0.127 e. The number of rotatable bonds is 1. The van der Waals surface area contributed by atoms with Gasteiger partial charge in [0.25, 0.3) is 0 Å². The van der Waals surface area contributed by atoms with Crippen LogP contribution in [0.15, 0.2) is 12.1 Å². The summed E-state index contributed by atoms with van der Waals surface area (Å²) in [6.45, 7) is 6.44. The van der Waals surface area contributed by atoms with Crippen molar-refractivity contribution in [3.8, 4) is 5.75 Å². The number of ether oxygens (including phenoxy) is 1. The van der Waals surface area contributed by atoms with Crippen LogP contribution in [0.25, 0.3) is 0 Å². The highest BCUT2D eigenvalue weighted by atomic mass is 35.5. The third-order valence-electron chi connectivity index (χ3n) is 3.30. The summed E-state index contributed by atoms with van der Waals surface area (Å²) < 4.78 is 5.97. The minimum Gasteiger partial charge on any atom is -0.490 e. The Morgan fingerprint density at radius 2 is 1.88 bits per heavy atom. The number of nitrogens with zero attached hydrogens (tertiary/aromatic N) is 1. The Balaban J connectivity index is 0.00000144. The maximum atomic E-state index is 5.97. The van der Waals surface area contributed by atoms with Gasteiger partial charge in [0.2, 0.25) is 0 Å². The van der Waals surface area contributed by atoms with Crippen molar-refractivity contribution in [2.45, 2.75) is 39.3 Å². The van der Waals surface area contributed by atoms with E-state index < -0.39 is 0 Å². The molecular weight excluding hydrogens is 234 g/mol. The second-order valence-corrected chi connectivity index (χ2v) is 5.14. The second-order valence-electron chi connectivity index (χ2n) is 5.14. The first-order valence-corrected chi connectivity index (χ1v) is 5.93. The molecule has 0 saturated carbocycles. The normalized spacial score (nSPS) is 22.7. The Labute approximate surface area is 110 Å². The van der Waals surface area contributed by atoms with E-state index in [1.165, 1.54) is 16.7 Å². The van der Waals surface area contributed by atoms with E-state index in [0.29, 0.717) is 12.1 Å². The molecule has 0 amide bonds. The highest BCUT2D eigenvalue weighted by Crippen LogP contribution is 2.39. The predicted molar refractivity (Wildman–Crippen MR) is 74.3 cm³/mol. The van der Waals surface area contributed by atoms with Crippen LogP contribution in [0.5, 0.6) is 5.75 Å². The van der Waals surface area contributed by atoms with Gasteiger partial charge in [-0.2, -0.15) is 0 Å². The molecule has 0 radical (unpaired) electrons. The molecule has 0 fully saturated rings. The average molecular weight is 256 g/mol. The Kier molecular flexibility index (Phi) is 4.45. The number of hydrogen-bond acceptors (Lipinski definition) is 2. The topological polar surface area (TPSA) is 12.5 Å². The summed E-state index contributed by atoms with van der Waals surface area (Å²) >= 11 is 0. The summed E-state index contributed by atoms with van der Waals surface area (Å²) in [7, 11) is 4.29. The van der Waals surface area contributed by atoms with E-state index in [1.807, 2.05) is 0 Å². The van der Waals surface area contributed by atoms with Crippen LogP contribution in [0.4, 0.5) is 0 Å². The first-order valence-electron chi connectivity index (χ1n) is 5.93. The number of aryl methyl sites for hydroxylation is 2. The van der Waals surface area contributed by atoms with Crippen molar-refractivity contribution in [3.63, 3.8) is 0 Å². The molecule has 1 aliphatic rings. The largest absolute Gasteiger partial charge is 0.490 e. The van der Waals surface area contributed by atoms with Crippen LogP contribution in [-0.4, -0.2) is 25.1 Å². The summed E-state index contributed by atoms with van der Waals surface area (Å²) in [6.07, 6.45) is 1.38. The molecule has 0 aromatic heterocycles. The zero-order valence-corrected chi connectivity index (χ0v) is 12.1. The van der Waals surface area contributed by atoms with Gasteiger partial charge < -0.3 is 9.64 Å². The van der Waals surface area contributed by atoms with Gasteiger partial charge in [-0.05, 0) is 40.4 Å². The van der Waals surface area contributed by atoms with Crippen LogP contribution in [0, 0.1) is 13.8 Å². The van der Waals surface area contributed by atoms with Crippen molar-refractivity contribution in [2.75, 3.05) is 14.1 Å². The molecule has 96 valence electrons. The molecule has 1 aromatic rings. The fraction of sp³-hybridized carbons (Fsp3) is 0.571. The average Bonchev–Trinajstić information content (AvgIpc) is 2.18. The Morgan fingerprint density at radius 3 is 2.47 bits per heavy atom. The zero-order valence-electron chi connectivity index (χ0n) is 11.3. The van der Waals surface area contributed by atoms with Crippen LogP contribution in [-0.2, 0) is 0 Å². The van der Waals surface area contributed by atoms with Crippen LogP contribution < -0.4 is 4.74 Å². The molecule has 2 nitrogen and oxygen atoms in total. The van der Waals surface area contributed by atoms with E-state index in [9.17, 15) is 0 Å². The Bertz CT molecular complexity index is 403. The molecular formula is C14H22ClNO. The van der Waals surface area contributed by atoms with E-state index in [2.05, 4.69) is 51.9 Å². The molecule has 0 bridgehead atoms. The number of halogens is 1. The molecule has 0 spiro atoms. The van der Waals surface area contributed by atoms with Crippen LogP contribution >= 0.6 is 12.4 Å². The van der Waals surface area contributed by atoms with Gasteiger partial charge in [0.1, 0.15) is 5.75 Å². The van der Waals surface area contributed by atoms with Crippen molar-refractivity contribution in [3.05, 3.63) is 28.8 Å². The lowest BCUT2D eigenvalue weighted by atomic mass is 9.92. The second kappa shape index (κ2) is 5.28. The molecule has 2 atom stereocenters. The number of fused-ring (bicyclic) bond motifs is 1. The zero-order chi connectivity index (χ0) is 11.9. The quantitative estimate of drug-likeness (QED) is 0.762. The highest BCUT2D eigenvalue weighted by molar-refractivity contribution is 5.85. The maximum Gasteiger partial charge on any atom is 0.127 e. The summed E-state index contributed by atoms with van der Waals surface area (Å²) in [6, 6.07) is 4.94. The highest BCUT2D eigenvalue weighted by Gasteiger charge is 2.28. The molecule has 3 heteroatoms. The van der Waals surface area contributed by atoms with Gasteiger partial charge in [-0.15, -0.1) is 12.4 Å². The number of hydrogen-bond donors (Lipinski definition) is 0. The molecule has 0 N–H and O–H groups in total. The fourth-order valence-corrected chi connectivity index (χ4v) is 2.58. The number of benzene rings is 1. The monoisotopic (exact) mass is 255 g/mol. The van der Waals surface area contributed by atoms with Crippen LogP contribution in [0.1, 0.15) is 36.1 Å². The van der Waals surface area contributed by atoms with Crippen LogP contribution in [0.2, 0.25) is 0 Å². The van der Waals surface area contributed by atoms with Gasteiger partial charge in [0.05, 0.1) is 6.10 Å². The minimum absolute atomic E-state index is 0. The molecule has 1 heterocycles. The minimum atomic E-state index is 0. The lowest BCUT2D eigenvalue weighted by Crippen LogP contribution is -2.31. The summed E-state index contributed by atoms with van der Waals surface area (Å²) in [4.78, 5) is 2.29. The standard InChI is InChI=1S/C14H21NO.ClH/c1-9-6-10(2)14-12(7-9)13(15(4)5)8-11(3)16-14;/h6-7,11,13H,8H2,1-5H3;1H. The molecule has 1 aromatic carbocycles. The van der Waals surface area contributed by atoms with Crippen molar-refractivity contribution in [1.29, 1.82) is 0 Å². The third-order valence-corrected chi connectivity index (χ3v) is 3.30. The predicted octanol–water partition coefficient (Wildman–Crippen LogP) is 3.50. The van der Waals surface area contributed by atoms with Gasteiger partial charge in [-0.3, -0.25) is 0 Å². The molecule has 0 aliphatic carbocycles. The van der Waals surface area contributed by atoms with Crippen molar-refractivity contribution >= 4 is 12.4 Å². The lowest BCUT2D eigenvalue weighted by molar-refractivity contribution is 0.126. The van der Waals surface area contributed by atoms with Crippen molar-refractivity contribution < 1.29 is 4.74 Å². The SMILES string of the molecule is Cc1cc(C)c2c(c1)C(N(C)C)CC(C)O2.Cl. The van der Waals surface area contributed by atoms with Crippen molar-refractivity contribution in [1.82, 2.24) is 4.90 Å². The third kappa shape index (κ3) is 2.75. The van der Waals surface area contributed by atoms with E-state index in [0.717, 1.165) is 12.2 Å². The Morgan fingerprint density at radius 1 is 1.24 bits per heavy atom. The Hall–Kier alpha value is -0.730. The van der Waals surface area contributed by atoms with Gasteiger partial charge in [-0.25, -0.2) is 0 Å². The first kappa shape index (κ1) is 14.3. The molecule has 2 rings (SSSR count). The van der Waals surface area contributed by atoms with E-state index in [-0.39, 0.29) is 12.4 Å². The van der Waals surface area contributed by atoms with Crippen molar-refractivity contribution in [2.24, 2.45) is 0 Å². The summed E-state index contributed by atoms with van der Waals surface area (Å²) in [5, 5.41) is 0. The van der Waals surface area contributed by atoms with E-state index >= 15 is 0 Å².